The van der Waals surface area contributed by atoms with Crippen molar-refractivity contribution < 1.29 is 17.6 Å². The van der Waals surface area contributed by atoms with E-state index in [9.17, 15) is 13.2 Å². The fourth-order valence-corrected chi connectivity index (χ4v) is 4.05. The van der Waals surface area contributed by atoms with Gasteiger partial charge in [0.25, 0.3) is 0 Å². The second-order valence-electron chi connectivity index (χ2n) is 6.96. The van der Waals surface area contributed by atoms with E-state index in [0.29, 0.717) is 43.3 Å². The number of benzene rings is 1. The molecule has 0 atom stereocenters. The van der Waals surface area contributed by atoms with Gasteiger partial charge in [-0.05, 0) is 31.9 Å². The predicted octanol–water partition coefficient (Wildman–Crippen LogP) is 2.07. The quantitative estimate of drug-likeness (QED) is 0.779. The van der Waals surface area contributed by atoms with Crippen molar-refractivity contribution in [2.75, 3.05) is 26.4 Å². The first-order valence-electron chi connectivity index (χ1n) is 8.98. The van der Waals surface area contributed by atoms with E-state index in [1.54, 1.807) is 11.9 Å². The highest BCUT2D eigenvalue weighted by Crippen LogP contribution is 2.23. The SMILES string of the molecule is Cc1oc(-c2ccccc2)nc1CC(=O)N1CCC(N(C)S(C)(=O)=O)CC1. The monoisotopic (exact) mass is 391 g/mol. The summed E-state index contributed by atoms with van der Waals surface area (Å²) in [7, 11) is -1.61. The summed E-state index contributed by atoms with van der Waals surface area (Å²) in [6.45, 7) is 2.91. The van der Waals surface area contributed by atoms with Crippen LogP contribution in [-0.2, 0) is 21.2 Å². The number of nitrogens with zero attached hydrogens (tertiary/aromatic N) is 3. The molecule has 0 aliphatic carbocycles. The molecule has 1 amide bonds. The Kier molecular flexibility index (Phi) is 5.67. The van der Waals surface area contributed by atoms with Gasteiger partial charge in [-0.3, -0.25) is 4.79 Å². The number of carbonyl (C=O) groups is 1. The molecule has 1 aromatic heterocycles. The van der Waals surface area contributed by atoms with Crippen LogP contribution in [-0.4, -0.2) is 60.9 Å². The molecule has 27 heavy (non-hydrogen) atoms. The smallest absolute Gasteiger partial charge is 0.228 e. The van der Waals surface area contributed by atoms with Crippen LogP contribution in [0.2, 0.25) is 0 Å². The minimum atomic E-state index is -3.21. The third kappa shape index (κ3) is 4.56. The van der Waals surface area contributed by atoms with Crippen molar-refractivity contribution in [3.63, 3.8) is 0 Å². The summed E-state index contributed by atoms with van der Waals surface area (Å²) >= 11 is 0. The van der Waals surface area contributed by atoms with Gasteiger partial charge in [0.05, 0.1) is 18.4 Å². The van der Waals surface area contributed by atoms with Crippen molar-refractivity contribution in [1.29, 1.82) is 0 Å². The maximum absolute atomic E-state index is 12.7. The summed E-state index contributed by atoms with van der Waals surface area (Å²) in [5, 5.41) is 0. The average Bonchev–Trinajstić information content (AvgIpc) is 3.02. The lowest BCUT2D eigenvalue weighted by molar-refractivity contribution is -0.131. The van der Waals surface area contributed by atoms with E-state index in [0.717, 1.165) is 5.56 Å². The molecule has 1 fully saturated rings. The second-order valence-corrected chi connectivity index (χ2v) is 9.00. The van der Waals surface area contributed by atoms with Gasteiger partial charge in [-0.15, -0.1) is 0 Å². The Labute approximate surface area is 160 Å². The molecule has 3 rings (SSSR count). The Bertz CT molecular complexity index is 900. The topological polar surface area (TPSA) is 83.7 Å². The highest BCUT2D eigenvalue weighted by molar-refractivity contribution is 7.88. The second kappa shape index (κ2) is 7.82. The number of amides is 1. The van der Waals surface area contributed by atoms with Gasteiger partial charge in [0, 0.05) is 31.7 Å². The van der Waals surface area contributed by atoms with E-state index in [-0.39, 0.29) is 18.4 Å². The number of piperidine rings is 1. The molecule has 0 bridgehead atoms. The van der Waals surface area contributed by atoms with Crippen LogP contribution in [0.1, 0.15) is 24.3 Å². The van der Waals surface area contributed by atoms with Crippen LogP contribution in [0, 0.1) is 6.92 Å². The third-order valence-corrected chi connectivity index (χ3v) is 6.43. The third-order valence-electron chi connectivity index (χ3n) is 5.09. The van der Waals surface area contributed by atoms with Crippen LogP contribution < -0.4 is 0 Å². The van der Waals surface area contributed by atoms with Crippen LogP contribution in [0.4, 0.5) is 0 Å². The molecule has 0 spiro atoms. The maximum atomic E-state index is 12.7. The average molecular weight is 391 g/mol. The fourth-order valence-electron chi connectivity index (χ4n) is 3.30. The standard InChI is InChI=1S/C19H25N3O4S/c1-14-17(20-19(26-14)15-7-5-4-6-8-15)13-18(23)22-11-9-16(10-12-22)21(2)27(3,24)25/h4-8,16H,9-13H2,1-3H3. The van der Waals surface area contributed by atoms with Gasteiger partial charge in [-0.1, -0.05) is 18.2 Å². The molecule has 0 radical (unpaired) electrons. The van der Waals surface area contributed by atoms with Crippen molar-refractivity contribution in [3.05, 3.63) is 41.8 Å². The largest absolute Gasteiger partial charge is 0.441 e. The van der Waals surface area contributed by atoms with Crippen molar-refractivity contribution in [3.8, 4) is 11.5 Å². The van der Waals surface area contributed by atoms with Gasteiger partial charge in [-0.25, -0.2) is 17.7 Å². The number of likely N-dealkylation sites (tertiary alicyclic amines) is 1. The number of hydrogen-bond acceptors (Lipinski definition) is 5. The molecule has 0 unspecified atom stereocenters. The van der Waals surface area contributed by atoms with Crippen molar-refractivity contribution in [2.45, 2.75) is 32.2 Å². The molecule has 1 aliphatic rings. The number of sulfonamides is 1. The number of rotatable bonds is 5. The Morgan fingerprint density at radius 3 is 2.48 bits per heavy atom. The maximum Gasteiger partial charge on any atom is 0.228 e. The highest BCUT2D eigenvalue weighted by atomic mass is 32.2. The molecule has 1 aromatic carbocycles. The first-order valence-corrected chi connectivity index (χ1v) is 10.8. The van der Waals surface area contributed by atoms with Crippen molar-refractivity contribution >= 4 is 15.9 Å². The zero-order chi connectivity index (χ0) is 19.6. The summed E-state index contributed by atoms with van der Waals surface area (Å²) in [5.41, 5.74) is 1.53. The first kappa shape index (κ1) is 19.6. The van der Waals surface area contributed by atoms with Gasteiger partial charge in [-0.2, -0.15) is 0 Å². The van der Waals surface area contributed by atoms with Crippen molar-refractivity contribution in [2.24, 2.45) is 0 Å². The number of carbonyl (C=O) groups excluding carboxylic acids is 1. The minimum absolute atomic E-state index is 0.00790. The Morgan fingerprint density at radius 2 is 1.89 bits per heavy atom. The van der Waals surface area contributed by atoms with Gasteiger partial charge < -0.3 is 9.32 Å². The summed E-state index contributed by atoms with van der Waals surface area (Å²) in [4.78, 5) is 18.9. The lowest BCUT2D eigenvalue weighted by Crippen LogP contribution is -2.47. The number of hydrogen-bond donors (Lipinski definition) is 0. The molecule has 1 saturated heterocycles. The van der Waals surface area contributed by atoms with Gasteiger partial charge >= 0.3 is 0 Å². The zero-order valence-corrected chi connectivity index (χ0v) is 16.7. The van der Waals surface area contributed by atoms with Gasteiger partial charge in [0.15, 0.2) is 0 Å². The van der Waals surface area contributed by atoms with Crippen LogP contribution in [0.5, 0.6) is 0 Å². The summed E-state index contributed by atoms with van der Waals surface area (Å²) in [6, 6.07) is 9.53. The predicted molar refractivity (Wildman–Crippen MR) is 103 cm³/mol. The zero-order valence-electron chi connectivity index (χ0n) is 15.9. The molecule has 2 aromatic rings. The molecule has 2 heterocycles. The summed E-state index contributed by atoms with van der Waals surface area (Å²) in [5.74, 6) is 1.16. The molecule has 0 saturated carbocycles. The first-order chi connectivity index (χ1) is 12.8. The van der Waals surface area contributed by atoms with E-state index < -0.39 is 10.0 Å². The van der Waals surface area contributed by atoms with E-state index in [1.807, 2.05) is 37.3 Å². The van der Waals surface area contributed by atoms with E-state index in [2.05, 4.69) is 4.98 Å². The van der Waals surface area contributed by atoms with Crippen LogP contribution in [0.25, 0.3) is 11.5 Å². The molecular weight excluding hydrogens is 366 g/mol. The van der Waals surface area contributed by atoms with E-state index in [1.165, 1.54) is 10.6 Å². The number of aryl methyl sites for hydroxylation is 1. The normalized spacial score (nSPS) is 16.1. The molecule has 7 nitrogen and oxygen atoms in total. The Hall–Kier alpha value is -2.19. The van der Waals surface area contributed by atoms with Gasteiger partial charge in [0.1, 0.15) is 5.76 Å². The van der Waals surface area contributed by atoms with E-state index in [4.69, 9.17) is 4.42 Å². The molecule has 8 heteroatoms. The molecule has 0 N–H and O–H groups in total. The fraction of sp³-hybridized carbons (Fsp3) is 0.474. The Morgan fingerprint density at radius 1 is 1.26 bits per heavy atom. The molecule has 1 aliphatic heterocycles. The van der Waals surface area contributed by atoms with E-state index >= 15 is 0 Å². The van der Waals surface area contributed by atoms with Crippen LogP contribution >= 0.6 is 0 Å². The molecular formula is C19H25N3O4S. The number of aromatic nitrogens is 1. The van der Waals surface area contributed by atoms with Crippen molar-refractivity contribution in [1.82, 2.24) is 14.2 Å². The lowest BCUT2D eigenvalue weighted by Gasteiger charge is -2.35. The van der Waals surface area contributed by atoms with Crippen LogP contribution in [0.15, 0.2) is 34.7 Å². The van der Waals surface area contributed by atoms with Gasteiger partial charge in [0.2, 0.25) is 21.8 Å². The number of oxazole rings is 1. The minimum Gasteiger partial charge on any atom is -0.441 e. The van der Waals surface area contributed by atoms with Crippen LogP contribution in [0.3, 0.4) is 0 Å². The lowest BCUT2D eigenvalue weighted by atomic mass is 10.0. The summed E-state index contributed by atoms with van der Waals surface area (Å²) < 4.78 is 30.5. The Balaban J connectivity index is 1.61. The summed E-state index contributed by atoms with van der Waals surface area (Å²) in [6.07, 6.45) is 2.68. The highest BCUT2D eigenvalue weighted by Gasteiger charge is 2.29. The molecule has 146 valence electrons.